The fourth-order valence-corrected chi connectivity index (χ4v) is 4.57. The summed E-state index contributed by atoms with van der Waals surface area (Å²) in [6.45, 7) is 12.1. The lowest BCUT2D eigenvalue weighted by atomic mass is 10.0. The minimum absolute atomic E-state index is 0.107. The van der Waals surface area contributed by atoms with Gasteiger partial charge < -0.3 is 15.1 Å². The molecular weight excluding hydrogens is 477 g/mol. The van der Waals surface area contributed by atoms with E-state index in [-0.39, 0.29) is 18.3 Å². The maximum Gasteiger partial charge on any atom is 0.252 e. The minimum atomic E-state index is -0.326. The molecule has 0 radical (unpaired) electrons. The number of aryl methyl sites for hydroxylation is 1. The zero-order valence-electron chi connectivity index (χ0n) is 23.1. The number of nitrogens with zero attached hydrogens (tertiary/aromatic N) is 4. The molecule has 38 heavy (non-hydrogen) atoms. The summed E-state index contributed by atoms with van der Waals surface area (Å²) >= 11 is 0. The number of hydrogen-bond acceptors (Lipinski definition) is 5. The van der Waals surface area contributed by atoms with Gasteiger partial charge in [-0.3, -0.25) is 9.69 Å². The van der Waals surface area contributed by atoms with Crippen molar-refractivity contribution in [3.8, 4) is 0 Å². The minimum Gasteiger partial charge on any atom is -0.369 e. The number of benzene rings is 2. The average Bonchev–Trinajstić information content (AvgIpc) is 2.92. The number of hydrogen-bond donors (Lipinski definition) is 1. The van der Waals surface area contributed by atoms with Gasteiger partial charge in [0.1, 0.15) is 17.5 Å². The van der Waals surface area contributed by atoms with Crippen LogP contribution in [-0.4, -0.2) is 54.8 Å². The van der Waals surface area contributed by atoms with E-state index in [4.69, 9.17) is 4.99 Å². The van der Waals surface area contributed by atoms with Crippen LogP contribution < -0.4 is 10.2 Å². The highest BCUT2D eigenvalue weighted by molar-refractivity contribution is 6.15. The van der Waals surface area contributed by atoms with Gasteiger partial charge in [0.2, 0.25) is 0 Å². The Labute approximate surface area is 225 Å². The molecule has 4 rings (SSSR count). The summed E-state index contributed by atoms with van der Waals surface area (Å²) < 4.78 is 14.7. The maximum absolute atomic E-state index is 14.7. The average molecular weight is 516 g/mol. The number of likely N-dealkylation sites (N-methyl/N-ethyl adjacent to an activating group) is 1. The monoisotopic (exact) mass is 515 g/mol. The summed E-state index contributed by atoms with van der Waals surface area (Å²) in [4.78, 5) is 24.3. The quantitative estimate of drug-likeness (QED) is 0.500. The van der Waals surface area contributed by atoms with Gasteiger partial charge in [-0.2, -0.15) is 0 Å². The summed E-state index contributed by atoms with van der Waals surface area (Å²) in [6.07, 6.45) is 6.01. The Kier molecular flexibility index (Phi) is 8.79. The number of carbonyl (C=O) groups excluding carboxylic acids is 1. The van der Waals surface area contributed by atoms with Crippen LogP contribution >= 0.6 is 0 Å². The van der Waals surface area contributed by atoms with Crippen LogP contribution in [-0.2, 0) is 11.3 Å². The van der Waals surface area contributed by atoms with Crippen molar-refractivity contribution in [1.29, 1.82) is 0 Å². The number of amides is 1. The predicted molar refractivity (Wildman–Crippen MR) is 155 cm³/mol. The van der Waals surface area contributed by atoms with E-state index in [0.29, 0.717) is 17.2 Å². The van der Waals surface area contributed by atoms with Crippen molar-refractivity contribution in [3.05, 3.63) is 94.6 Å². The van der Waals surface area contributed by atoms with Gasteiger partial charge in [0, 0.05) is 54.8 Å². The van der Waals surface area contributed by atoms with Crippen molar-refractivity contribution in [2.75, 3.05) is 43.4 Å². The molecule has 1 N–H and O–H groups in total. The molecule has 1 saturated heterocycles. The van der Waals surface area contributed by atoms with E-state index in [1.807, 2.05) is 32.9 Å². The number of amidine groups is 1. The third-order valence-corrected chi connectivity index (χ3v) is 7.32. The second kappa shape index (κ2) is 12.2. The molecule has 7 heteroatoms. The van der Waals surface area contributed by atoms with Crippen LogP contribution in [0.15, 0.2) is 82.7 Å². The molecule has 0 spiro atoms. The fourth-order valence-electron chi connectivity index (χ4n) is 4.57. The molecule has 0 aromatic heterocycles. The number of halogens is 1. The molecule has 1 amide bonds. The van der Waals surface area contributed by atoms with Crippen LogP contribution in [0.3, 0.4) is 0 Å². The van der Waals surface area contributed by atoms with Crippen LogP contribution in [0.5, 0.6) is 0 Å². The zero-order valence-corrected chi connectivity index (χ0v) is 23.1. The van der Waals surface area contributed by atoms with Crippen LogP contribution in [0.1, 0.15) is 38.3 Å². The standard InChI is InChI=1S/C31H38FN5O/c1-6-22(3)30(33-25-12-14-26(15-13-25)36-19-17-35(5)18-20-36)34-31-24(7-2)11-16-29(38)37(31)21-27-23(4)9-8-10-28(27)32/h7-16,33H,6,17-21H2,1-5H3/b24-7-,30-22+,34-31+. The molecule has 2 aromatic rings. The van der Waals surface area contributed by atoms with Crippen LogP contribution in [0.25, 0.3) is 0 Å². The number of nitrogens with one attached hydrogen (secondary N) is 1. The summed E-state index contributed by atoms with van der Waals surface area (Å²) in [6, 6.07) is 13.4. The number of aliphatic imine (C=N–C) groups is 1. The summed E-state index contributed by atoms with van der Waals surface area (Å²) in [7, 11) is 2.16. The smallest absolute Gasteiger partial charge is 0.252 e. The van der Waals surface area contributed by atoms with Gasteiger partial charge in [0.05, 0.1) is 6.54 Å². The molecule has 6 nitrogen and oxygen atoms in total. The van der Waals surface area contributed by atoms with Crippen LogP contribution in [0.2, 0.25) is 0 Å². The molecule has 0 saturated carbocycles. The second-order valence-electron chi connectivity index (χ2n) is 9.92. The highest BCUT2D eigenvalue weighted by atomic mass is 19.1. The third-order valence-electron chi connectivity index (χ3n) is 7.32. The first-order valence-corrected chi connectivity index (χ1v) is 13.3. The van der Waals surface area contributed by atoms with E-state index in [1.54, 1.807) is 17.0 Å². The lowest BCUT2D eigenvalue weighted by Crippen LogP contribution is -2.44. The molecule has 2 aliphatic heterocycles. The van der Waals surface area contributed by atoms with E-state index >= 15 is 0 Å². The number of carbonyl (C=O) groups is 1. The van der Waals surface area contributed by atoms with Gasteiger partial charge in [0.25, 0.3) is 5.91 Å². The Bertz CT molecular complexity index is 1260. The maximum atomic E-state index is 14.7. The van der Waals surface area contributed by atoms with Crippen molar-refractivity contribution in [2.45, 2.75) is 40.7 Å². The van der Waals surface area contributed by atoms with Gasteiger partial charge in [0.15, 0.2) is 0 Å². The Morgan fingerprint density at radius 3 is 2.42 bits per heavy atom. The van der Waals surface area contributed by atoms with Gasteiger partial charge in [-0.25, -0.2) is 9.38 Å². The molecule has 0 atom stereocenters. The first kappa shape index (κ1) is 27.3. The highest BCUT2D eigenvalue weighted by Crippen LogP contribution is 2.25. The topological polar surface area (TPSA) is 51.2 Å². The van der Waals surface area contributed by atoms with E-state index < -0.39 is 0 Å². The predicted octanol–water partition coefficient (Wildman–Crippen LogP) is 5.88. The summed E-state index contributed by atoms with van der Waals surface area (Å²) in [5.74, 6) is 0.648. The Morgan fingerprint density at radius 2 is 1.79 bits per heavy atom. The molecule has 0 unspecified atom stereocenters. The molecule has 200 valence electrons. The second-order valence-corrected chi connectivity index (χ2v) is 9.92. The molecule has 1 fully saturated rings. The van der Waals surface area contributed by atoms with Gasteiger partial charge in [-0.05, 0) is 81.8 Å². The molecule has 2 aliphatic rings. The third kappa shape index (κ3) is 6.22. The van der Waals surface area contributed by atoms with Gasteiger partial charge in [-0.1, -0.05) is 25.1 Å². The van der Waals surface area contributed by atoms with E-state index in [0.717, 1.165) is 55.0 Å². The Morgan fingerprint density at radius 1 is 1.08 bits per heavy atom. The highest BCUT2D eigenvalue weighted by Gasteiger charge is 2.26. The van der Waals surface area contributed by atoms with Crippen molar-refractivity contribution in [2.24, 2.45) is 4.99 Å². The molecule has 2 aromatic carbocycles. The van der Waals surface area contributed by atoms with Crippen molar-refractivity contribution in [1.82, 2.24) is 9.80 Å². The normalized spacial score (nSPS) is 19.4. The largest absolute Gasteiger partial charge is 0.369 e. The summed E-state index contributed by atoms with van der Waals surface area (Å²) in [5.41, 5.74) is 5.29. The summed E-state index contributed by atoms with van der Waals surface area (Å²) in [5, 5.41) is 3.48. The lowest BCUT2D eigenvalue weighted by molar-refractivity contribution is -0.123. The number of rotatable bonds is 7. The van der Waals surface area contributed by atoms with Crippen molar-refractivity contribution < 1.29 is 9.18 Å². The lowest BCUT2D eigenvalue weighted by Gasteiger charge is -2.34. The van der Waals surface area contributed by atoms with Crippen LogP contribution in [0.4, 0.5) is 15.8 Å². The fraction of sp³-hybridized carbons (Fsp3) is 0.355. The number of piperazine rings is 1. The van der Waals surface area contributed by atoms with Crippen LogP contribution in [0, 0.1) is 12.7 Å². The van der Waals surface area contributed by atoms with Crippen molar-refractivity contribution >= 4 is 23.1 Å². The number of anilines is 2. The molecule has 0 bridgehead atoms. The SMILES string of the molecule is C/C=C1/C=CC(=O)N(Cc2c(C)cccc2F)/C1=N/C(Nc1ccc(N2CCN(C)CC2)cc1)=C(\C)CC. The van der Waals surface area contributed by atoms with E-state index in [1.165, 1.54) is 17.8 Å². The Hall–Kier alpha value is -3.71. The molecule has 0 aliphatic carbocycles. The zero-order chi connectivity index (χ0) is 27.2. The van der Waals surface area contributed by atoms with Gasteiger partial charge in [-0.15, -0.1) is 0 Å². The van der Waals surface area contributed by atoms with Crippen molar-refractivity contribution in [3.63, 3.8) is 0 Å². The van der Waals surface area contributed by atoms with E-state index in [9.17, 15) is 9.18 Å². The number of allylic oxidation sites excluding steroid dienone is 2. The molecule has 2 heterocycles. The first-order valence-electron chi connectivity index (χ1n) is 13.3. The molecular formula is C31H38FN5O. The van der Waals surface area contributed by atoms with E-state index in [2.05, 4.69) is 53.4 Å². The van der Waals surface area contributed by atoms with Gasteiger partial charge >= 0.3 is 0 Å². The Balaban J connectivity index is 1.64. The first-order chi connectivity index (χ1) is 18.3.